The first kappa shape index (κ1) is 21.5. The molecule has 7 heteroatoms. The molecule has 1 N–H and O–H groups in total. The fourth-order valence-electron chi connectivity index (χ4n) is 5.68. The molecule has 1 unspecified atom stereocenters. The Bertz CT molecular complexity index is 1220. The van der Waals surface area contributed by atoms with Gasteiger partial charge in [0.25, 0.3) is 11.5 Å². The van der Waals surface area contributed by atoms with E-state index in [9.17, 15) is 9.59 Å². The van der Waals surface area contributed by atoms with Gasteiger partial charge in [0.1, 0.15) is 11.2 Å². The summed E-state index contributed by atoms with van der Waals surface area (Å²) in [6, 6.07) is 8.58. The number of hydrogen-bond acceptors (Lipinski definition) is 3. The predicted molar refractivity (Wildman–Crippen MR) is 129 cm³/mol. The number of amides is 1. The summed E-state index contributed by atoms with van der Waals surface area (Å²) in [6.45, 7) is 6.09. The van der Waals surface area contributed by atoms with Crippen molar-refractivity contribution in [3.63, 3.8) is 0 Å². The van der Waals surface area contributed by atoms with Crippen molar-refractivity contribution in [3.8, 4) is 0 Å². The molecule has 170 valence electrons. The van der Waals surface area contributed by atoms with E-state index in [1.54, 1.807) is 15.2 Å². The van der Waals surface area contributed by atoms with E-state index in [1.807, 2.05) is 24.3 Å². The third-order valence-corrected chi connectivity index (χ3v) is 7.67. The van der Waals surface area contributed by atoms with Crippen LogP contribution in [0.25, 0.3) is 16.4 Å². The zero-order chi connectivity index (χ0) is 22.4. The van der Waals surface area contributed by atoms with Gasteiger partial charge in [0.15, 0.2) is 0 Å². The summed E-state index contributed by atoms with van der Waals surface area (Å²) in [6.07, 6.45) is 8.14. The smallest absolute Gasteiger partial charge is 0.276 e. The summed E-state index contributed by atoms with van der Waals surface area (Å²) < 4.78 is 3.52. The molecule has 1 aromatic carbocycles. The minimum absolute atomic E-state index is 0.114. The Morgan fingerprint density at radius 1 is 1.16 bits per heavy atom. The summed E-state index contributed by atoms with van der Waals surface area (Å²) in [5.41, 5.74) is 1.55. The van der Waals surface area contributed by atoms with Gasteiger partial charge in [-0.15, -0.1) is 0 Å². The third-order valence-electron chi connectivity index (χ3n) is 7.29. The van der Waals surface area contributed by atoms with Gasteiger partial charge in [-0.25, -0.2) is 0 Å². The Kier molecular flexibility index (Phi) is 5.76. The molecule has 3 heterocycles. The highest BCUT2D eigenvalue weighted by molar-refractivity contribution is 6.39. The Morgan fingerprint density at radius 3 is 2.66 bits per heavy atom. The molecule has 2 aliphatic rings. The zero-order valence-corrected chi connectivity index (χ0v) is 19.6. The summed E-state index contributed by atoms with van der Waals surface area (Å²) >= 11 is 6.71. The molecule has 1 amide bonds. The summed E-state index contributed by atoms with van der Waals surface area (Å²) in [4.78, 5) is 29.5. The van der Waals surface area contributed by atoms with Gasteiger partial charge < -0.3 is 9.88 Å². The monoisotopic (exact) mass is 454 g/mol. The summed E-state index contributed by atoms with van der Waals surface area (Å²) in [5, 5.41) is 4.39. The molecule has 1 saturated carbocycles. The molecule has 0 bridgehead atoms. The highest BCUT2D eigenvalue weighted by Gasteiger charge is 2.29. The lowest BCUT2D eigenvalue weighted by molar-refractivity contribution is 0.0928. The number of aromatic nitrogens is 2. The molecular formula is C25H31ClN4O2. The van der Waals surface area contributed by atoms with Crippen molar-refractivity contribution in [2.75, 3.05) is 13.1 Å². The molecule has 5 rings (SSSR count). The minimum Gasteiger partial charge on any atom is -0.349 e. The quantitative estimate of drug-likeness (QED) is 0.611. The van der Waals surface area contributed by atoms with Crippen molar-refractivity contribution in [2.24, 2.45) is 0 Å². The van der Waals surface area contributed by atoms with E-state index in [0.717, 1.165) is 56.0 Å². The lowest BCUT2D eigenvalue weighted by Gasteiger charge is -2.28. The number of carbonyl (C=O) groups is 1. The van der Waals surface area contributed by atoms with Crippen LogP contribution in [0.15, 0.2) is 35.3 Å². The second kappa shape index (κ2) is 8.56. The van der Waals surface area contributed by atoms with E-state index < -0.39 is 0 Å². The molecule has 1 atom stereocenters. The van der Waals surface area contributed by atoms with Crippen LogP contribution in [0.1, 0.15) is 68.9 Å². The van der Waals surface area contributed by atoms with Crippen molar-refractivity contribution in [2.45, 2.75) is 70.5 Å². The van der Waals surface area contributed by atoms with E-state index in [0.29, 0.717) is 34.9 Å². The van der Waals surface area contributed by atoms with Crippen LogP contribution >= 0.6 is 11.6 Å². The van der Waals surface area contributed by atoms with Gasteiger partial charge in [-0.2, -0.15) is 0 Å². The third kappa shape index (κ3) is 3.54. The lowest BCUT2D eigenvalue weighted by Crippen LogP contribution is -2.43. The molecular weight excluding hydrogens is 424 g/mol. The number of benzene rings is 1. The van der Waals surface area contributed by atoms with Gasteiger partial charge in [-0.3, -0.25) is 18.9 Å². The number of nitrogens with one attached hydrogen (secondary N) is 1. The fourth-order valence-corrected chi connectivity index (χ4v) is 6.01. The van der Waals surface area contributed by atoms with Crippen molar-refractivity contribution in [1.82, 2.24) is 19.2 Å². The average Bonchev–Trinajstić information content (AvgIpc) is 3.53. The second-order valence-electron chi connectivity index (χ2n) is 9.52. The van der Waals surface area contributed by atoms with E-state index in [1.165, 1.54) is 0 Å². The number of nitrogens with zero attached hydrogens (tertiary/aromatic N) is 3. The highest BCUT2D eigenvalue weighted by Crippen LogP contribution is 2.33. The van der Waals surface area contributed by atoms with Crippen LogP contribution in [0.3, 0.4) is 0 Å². The Morgan fingerprint density at radius 2 is 1.91 bits per heavy atom. The number of hydrogen-bond donors (Lipinski definition) is 1. The van der Waals surface area contributed by atoms with Crippen LogP contribution in [-0.2, 0) is 0 Å². The van der Waals surface area contributed by atoms with Crippen molar-refractivity contribution >= 4 is 33.9 Å². The Hall–Kier alpha value is -2.31. The largest absolute Gasteiger partial charge is 0.349 e. The molecule has 2 fully saturated rings. The molecule has 0 radical (unpaired) electrons. The van der Waals surface area contributed by atoms with Gasteiger partial charge in [-0.1, -0.05) is 42.6 Å². The van der Waals surface area contributed by atoms with Crippen LogP contribution in [0, 0.1) is 0 Å². The van der Waals surface area contributed by atoms with Gasteiger partial charge in [-0.05, 0) is 52.1 Å². The van der Waals surface area contributed by atoms with E-state index in [-0.39, 0.29) is 17.5 Å². The molecule has 1 aliphatic heterocycles. The number of fused-ring (bicyclic) bond motifs is 3. The molecule has 32 heavy (non-hydrogen) atoms. The highest BCUT2D eigenvalue weighted by atomic mass is 35.5. The van der Waals surface area contributed by atoms with Crippen LogP contribution in [0.4, 0.5) is 0 Å². The van der Waals surface area contributed by atoms with E-state index in [2.05, 4.69) is 24.1 Å². The van der Waals surface area contributed by atoms with Crippen LogP contribution in [0.2, 0.25) is 5.02 Å². The number of carbonyl (C=O) groups excluding carboxylic acids is 1. The van der Waals surface area contributed by atoms with Gasteiger partial charge >= 0.3 is 0 Å². The molecule has 1 aliphatic carbocycles. The SMILES string of the molecule is CC(C)N1CCCC1CNC(=O)c1cn(C2CCCC2)c(=O)c2c(Cl)c3ccccc3n12. The Balaban J connectivity index is 1.59. The first-order chi connectivity index (χ1) is 15.5. The second-order valence-corrected chi connectivity index (χ2v) is 9.90. The topological polar surface area (TPSA) is 58.8 Å². The minimum atomic E-state index is -0.158. The first-order valence-corrected chi connectivity index (χ1v) is 12.2. The van der Waals surface area contributed by atoms with E-state index in [4.69, 9.17) is 11.6 Å². The van der Waals surface area contributed by atoms with Gasteiger partial charge in [0.2, 0.25) is 0 Å². The maximum absolute atomic E-state index is 13.5. The van der Waals surface area contributed by atoms with Crippen molar-refractivity contribution in [3.05, 3.63) is 51.5 Å². The van der Waals surface area contributed by atoms with Gasteiger partial charge in [0, 0.05) is 36.3 Å². The zero-order valence-electron chi connectivity index (χ0n) is 18.8. The molecule has 3 aromatic rings. The average molecular weight is 455 g/mol. The summed E-state index contributed by atoms with van der Waals surface area (Å²) in [7, 11) is 0. The van der Waals surface area contributed by atoms with Gasteiger partial charge in [0.05, 0.1) is 10.5 Å². The lowest BCUT2D eigenvalue weighted by atomic mass is 10.2. The standard InChI is InChI=1S/C25H31ClN4O2/c1-16(2)28-13-7-10-18(28)14-27-24(31)21-15-29(17-8-3-4-9-17)25(32)23-22(26)19-11-5-6-12-20(19)30(21)23/h5-6,11-12,15-18H,3-4,7-10,13-14H2,1-2H3,(H,27,31). The first-order valence-electron chi connectivity index (χ1n) is 11.8. The molecule has 1 saturated heterocycles. The summed E-state index contributed by atoms with van der Waals surface area (Å²) in [5.74, 6) is -0.158. The number of likely N-dealkylation sites (tertiary alicyclic amines) is 1. The number of rotatable bonds is 5. The molecule has 0 spiro atoms. The fraction of sp³-hybridized carbons (Fsp3) is 0.520. The predicted octanol–water partition coefficient (Wildman–Crippen LogP) is 4.63. The maximum atomic E-state index is 13.5. The van der Waals surface area contributed by atoms with Crippen LogP contribution < -0.4 is 10.9 Å². The normalized spacial score (nSPS) is 20.2. The van der Waals surface area contributed by atoms with E-state index >= 15 is 0 Å². The van der Waals surface area contributed by atoms with Crippen LogP contribution in [-0.4, -0.2) is 44.9 Å². The molecule has 6 nitrogen and oxygen atoms in total. The maximum Gasteiger partial charge on any atom is 0.276 e. The Labute approximate surface area is 193 Å². The van der Waals surface area contributed by atoms with Crippen LogP contribution in [0.5, 0.6) is 0 Å². The number of halogens is 1. The van der Waals surface area contributed by atoms with Crippen molar-refractivity contribution < 1.29 is 4.79 Å². The van der Waals surface area contributed by atoms with Crippen molar-refractivity contribution in [1.29, 1.82) is 0 Å². The molecule has 2 aromatic heterocycles. The number of para-hydroxylation sites is 1.